The number of ketones is 1. The number of esters is 2. The van der Waals surface area contributed by atoms with E-state index in [0.717, 1.165) is 11.1 Å². The summed E-state index contributed by atoms with van der Waals surface area (Å²) in [5, 5.41) is 8.64. The normalized spacial score (nSPS) is 27.3. The number of carbonyl (C=O) groups excluding carboxylic acids is 8. The predicted octanol–water partition coefficient (Wildman–Crippen LogP) is 7.56. The third-order valence-electron chi connectivity index (χ3n) is 15.0. The number of hydrogen-bond donors (Lipinski definition) is 3. The van der Waals surface area contributed by atoms with Crippen molar-refractivity contribution in [1.29, 1.82) is 0 Å². The van der Waals surface area contributed by atoms with Gasteiger partial charge >= 0.3 is 18.0 Å². The van der Waals surface area contributed by atoms with Crippen molar-refractivity contribution in [2.75, 3.05) is 6.54 Å². The molecule has 2 saturated heterocycles. The molecule has 0 radical (unpaired) electrons. The third kappa shape index (κ3) is 14.9. The van der Waals surface area contributed by atoms with Gasteiger partial charge in [0, 0.05) is 19.5 Å². The van der Waals surface area contributed by atoms with Crippen LogP contribution in [0.5, 0.6) is 0 Å². The van der Waals surface area contributed by atoms with E-state index < -0.39 is 128 Å². The predicted molar refractivity (Wildman–Crippen MR) is 280 cm³/mol. The number of amides is 5. The molecule has 0 bridgehead atoms. The van der Waals surface area contributed by atoms with E-state index >= 15 is 9.59 Å². The molecule has 0 unspecified atom stereocenters. The molecule has 5 amide bonds. The van der Waals surface area contributed by atoms with Crippen molar-refractivity contribution in [1.82, 2.24) is 25.8 Å². The van der Waals surface area contributed by atoms with Gasteiger partial charge in [0.15, 0.2) is 11.9 Å². The van der Waals surface area contributed by atoms with E-state index in [2.05, 4.69) is 57.5 Å². The SMILES string of the molecule is CC[C@H](C)[C@H]1NC(=O)[C@@H](NC(=O)OC(C)(C)C)[C@@H](C)OC(=O)[C@@H]2Cc3ccccc3CN2C(=O)[C@@H]2CCCN2C(=O)[C@H](CC(C)C)NC(=O)[C@@H](C)C(=O)[C@H](C(C)C)OC(=O)C[C@@H]1O[Si](C(C)C)(C(C)C)C(C)C. The van der Waals surface area contributed by atoms with Crippen molar-refractivity contribution in [2.45, 2.75) is 234 Å². The Hall–Kier alpha value is -4.84. The molecule has 2 fully saturated rings. The summed E-state index contributed by atoms with van der Waals surface area (Å²) >= 11 is 0. The Kier molecular flexibility index (Phi) is 21.3. The summed E-state index contributed by atoms with van der Waals surface area (Å²) in [6.45, 7) is 31.8. The highest BCUT2D eigenvalue weighted by molar-refractivity contribution is 6.77. The first-order chi connectivity index (χ1) is 33.9. The zero-order valence-corrected chi connectivity index (χ0v) is 47.9. The Bertz CT molecular complexity index is 2120. The number of alkyl carbamates (subject to hydrolysis) is 1. The lowest BCUT2D eigenvalue weighted by molar-refractivity contribution is -0.164. The van der Waals surface area contributed by atoms with Crippen molar-refractivity contribution in [3.05, 3.63) is 35.4 Å². The molecule has 10 atom stereocenters. The lowest BCUT2D eigenvalue weighted by atomic mass is 9.91. The van der Waals surface area contributed by atoms with Crippen molar-refractivity contribution in [2.24, 2.45) is 23.7 Å². The summed E-state index contributed by atoms with van der Waals surface area (Å²) in [5.74, 6) is -7.10. The van der Waals surface area contributed by atoms with E-state index in [1.165, 1.54) is 23.6 Å². The quantitative estimate of drug-likeness (QED) is 0.0848. The molecule has 410 valence electrons. The molecule has 3 aliphatic rings. The van der Waals surface area contributed by atoms with Gasteiger partial charge in [0.1, 0.15) is 35.9 Å². The molecule has 0 spiro atoms. The van der Waals surface area contributed by atoms with Crippen LogP contribution in [0.1, 0.15) is 161 Å². The summed E-state index contributed by atoms with van der Waals surface area (Å²) in [6, 6.07) is 1.68. The maximum absolute atomic E-state index is 15.1. The second-order valence-electron chi connectivity index (χ2n) is 23.5. The van der Waals surface area contributed by atoms with Gasteiger partial charge in [-0.1, -0.05) is 114 Å². The average molecular weight is 1040 g/mol. The number of benzene rings is 1. The van der Waals surface area contributed by atoms with E-state index in [9.17, 15) is 28.8 Å². The fraction of sp³-hybridized carbons (Fsp3) is 0.745. The van der Waals surface area contributed by atoms with Crippen LogP contribution < -0.4 is 16.0 Å². The number of fused-ring (bicyclic) bond motifs is 3. The molecule has 18 heteroatoms. The van der Waals surface area contributed by atoms with Gasteiger partial charge in [0.05, 0.1) is 24.5 Å². The van der Waals surface area contributed by atoms with Gasteiger partial charge in [-0.3, -0.25) is 28.8 Å². The zero-order valence-electron chi connectivity index (χ0n) is 46.9. The Balaban J connectivity index is 1.96. The van der Waals surface area contributed by atoms with Crippen LogP contribution in [0.3, 0.4) is 0 Å². The van der Waals surface area contributed by atoms with Gasteiger partial charge in [-0.05, 0) is 99.4 Å². The van der Waals surface area contributed by atoms with E-state index in [1.54, 1.807) is 34.6 Å². The topological polar surface area (TPSA) is 216 Å². The summed E-state index contributed by atoms with van der Waals surface area (Å²) in [7, 11) is -2.87. The number of hydrogen-bond acceptors (Lipinski definition) is 12. The summed E-state index contributed by atoms with van der Waals surface area (Å²) in [5.41, 5.74) is 0.776. The molecule has 3 N–H and O–H groups in total. The highest BCUT2D eigenvalue weighted by Crippen LogP contribution is 2.44. The second-order valence-corrected chi connectivity index (χ2v) is 28.9. The summed E-state index contributed by atoms with van der Waals surface area (Å²) < 4.78 is 25.3. The van der Waals surface area contributed by atoms with Gasteiger partial charge in [-0.2, -0.15) is 0 Å². The van der Waals surface area contributed by atoms with Crippen LogP contribution in [-0.2, 0) is 65.2 Å². The molecular formula is C55H89N5O12Si. The van der Waals surface area contributed by atoms with Gasteiger partial charge in [-0.25, -0.2) is 9.59 Å². The number of Topliss-reactive ketones (excluding diaryl/α,β-unsaturated/α-hetero) is 1. The smallest absolute Gasteiger partial charge is 0.408 e. The Labute approximate surface area is 436 Å². The molecule has 4 rings (SSSR count). The number of ether oxygens (including phenoxy) is 3. The van der Waals surface area contributed by atoms with Crippen LogP contribution in [0.4, 0.5) is 4.79 Å². The van der Waals surface area contributed by atoms with Gasteiger partial charge in [0.2, 0.25) is 31.9 Å². The molecular weight excluding hydrogens is 951 g/mol. The van der Waals surface area contributed by atoms with Crippen molar-refractivity contribution in [3.63, 3.8) is 0 Å². The largest absolute Gasteiger partial charge is 0.458 e. The van der Waals surface area contributed by atoms with E-state index in [1.807, 2.05) is 52.0 Å². The highest BCUT2D eigenvalue weighted by Gasteiger charge is 2.50. The standard InChI is InChI=1S/C55H89N5O12Si/c1-18-35(12)45-43(72-73(32(6)7,33(8)9)34(10)11)28-44(61)70-48(31(4)5)47(62)36(13)49(63)56-40(26-30(2)3)51(65)59-25-21-24-41(59)52(66)60-29-39-23-20-19-22-38(39)27-42(60)53(67)69-37(14)46(50(64)57-45)58-54(68)71-55(15,16)17/h19-20,22-23,30-37,40-43,45-46,48H,18,21,24-29H2,1-17H3,(H,56,63)(H,57,64)(H,58,68)/t35-,36-,37+,40-,41-,42-,43-,45+,46-,48-/m0/s1. The zero-order chi connectivity index (χ0) is 55.0. The summed E-state index contributed by atoms with van der Waals surface area (Å²) in [6.07, 6.45) is -3.53. The molecule has 17 nitrogen and oxygen atoms in total. The Morgan fingerprint density at radius 3 is 1.95 bits per heavy atom. The third-order valence-corrected chi connectivity index (χ3v) is 21.2. The van der Waals surface area contributed by atoms with Crippen LogP contribution in [-0.4, -0.2) is 126 Å². The lowest BCUT2D eigenvalue weighted by Gasteiger charge is -2.47. The van der Waals surface area contributed by atoms with E-state index in [-0.39, 0.29) is 54.4 Å². The number of nitrogens with zero attached hydrogens (tertiary/aromatic N) is 2. The molecule has 1 aromatic carbocycles. The maximum Gasteiger partial charge on any atom is 0.408 e. The first-order valence-electron chi connectivity index (χ1n) is 26.8. The van der Waals surface area contributed by atoms with Gasteiger partial charge in [-0.15, -0.1) is 0 Å². The molecule has 0 saturated carbocycles. The Morgan fingerprint density at radius 2 is 1.40 bits per heavy atom. The number of rotatable bonds is 11. The molecule has 1 aromatic rings. The minimum Gasteiger partial charge on any atom is -0.458 e. The first kappa shape index (κ1) is 60.7. The number of nitrogens with one attached hydrogen (secondary N) is 3. The van der Waals surface area contributed by atoms with Crippen LogP contribution in [0.25, 0.3) is 0 Å². The average Bonchev–Trinajstić information content (AvgIpc) is 3.79. The molecule has 3 heterocycles. The fourth-order valence-corrected chi connectivity index (χ4v) is 16.6. The minimum absolute atomic E-state index is 0.0251. The van der Waals surface area contributed by atoms with Crippen LogP contribution in [0.2, 0.25) is 16.6 Å². The molecule has 0 aromatic heterocycles. The van der Waals surface area contributed by atoms with E-state index in [4.69, 9.17) is 18.6 Å². The minimum atomic E-state index is -2.87. The van der Waals surface area contributed by atoms with Crippen LogP contribution >= 0.6 is 0 Å². The Morgan fingerprint density at radius 1 is 0.795 bits per heavy atom. The van der Waals surface area contributed by atoms with Crippen LogP contribution in [0.15, 0.2) is 24.3 Å². The molecule has 3 aliphatic heterocycles. The van der Waals surface area contributed by atoms with E-state index in [0.29, 0.717) is 19.3 Å². The lowest BCUT2D eigenvalue weighted by Crippen LogP contribution is -2.62. The van der Waals surface area contributed by atoms with Crippen LogP contribution in [0, 0.1) is 23.7 Å². The molecule has 0 aliphatic carbocycles. The fourth-order valence-electron chi connectivity index (χ4n) is 11.1. The summed E-state index contributed by atoms with van der Waals surface area (Å²) in [4.78, 5) is 119. The monoisotopic (exact) mass is 1040 g/mol. The van der Waals surface area contributed by atoms with Gasteiger partial charge in [0.25, 0.3) is 0 Å². The first-order valence-corrected chi connectivity index (χ1v) is 29.0. The number of cyclic esters (lactones) is 2. The van der Waals surface area contributed by atoms with Crippen molar-refractivity contribution < 1.29 is 57.0 Å². The maximum atomic E-state index is 15.1. The van der Waals surface area contributed by atoms with Crippen molar-refractivity contribution >= 4 is 55.8 Å². The number of carbonyl (C=O) groups is 8. The van der Waals surface area contributed by atoms with Crippen molar-refractivity contribution in [3.8, 4) is 0 Å². The second kappa shape index (κ2) is 25.6. The highest BCUT2D eigenvalue weighted by atomic mass is 28.4. The van der Waals surface area contributed by atoms with Gasteiger partial charge < -0.3 is 44.4 Å². The molecule has 73 heavy (non-hydrogen) atoms.